The van der Waals surface area contributed by atoms with Gasteiger partial charge in [-0.3, -0.25) is 0 Å². The van der Waals surface area contributed by atoms with Crippen LogP contribution in [0, 0.1) is 5.92 Å². The van der Waals surface area contributed by atoms with Crippen molar-refractivity contribution >= 4 is 10.9 Å². The van der Waals surface area contributed by atoms with Gasteiger partial charge in [-0.1, -0.05) is 49.2 Å². The molecule has 1 aliphatic heterocycles. The van der Waals surface area contributed by atoms with E-state index in [1.807, 2.05) is 0 Å². The minimum atomic E-state index is 0.434. The summed E-state index contributed by atoms with van der Waals surface area (Å²) in [5, 5.41) is 5.24. The van der Waals surface area contributed by atoms with Crippen molar-refractivity contribution in [2.75, 3.05) is 6.54 Å². The molecule has 0 unspecified atom stereocenters. The van der Waals surface area contributed by atoms with Crippen LogP contribution in [0.15, 0.2) is 48.7 Å². The second-order valence-corrected chi connectivity index (χ2v) is 8.60. The van der Waals surface area contributed by atoms with Crippen LogP contribution in [0.2, 0.25) is 0 Å². The summed E-state index contributed by atoms with van der Waals surface area (Å²) in [5.74, 6) is 0.843. The average molecular weight is 342 g/mol. The Kier molecular flexibility index (Phi) is 3.16. The van der Waals surface area contributed by atoms with Crippen LogP contribution < -0.4 is 5.32 Å². The third kappa shape index (κ3) is 1.91. The van der Waals surface area contributed by atoms with Gasteiger partial charge in [0.25, 0.3) is 0 Å². The van der Waals surface area contributed by atoms with Gasteiger partial charge in [-0.15, -0.1) is 0 Å². The number of aromatic amines is 1. The molecule has 2 fully saturated rings. The molecule has 6 rings (SSSR count). The highest BCUT2D eigenvalue weighted by Gasteiger charge is 2.51. The molecule has 2 bridgehead atoms. The SMILES string of the molecule is c1cc(-c2c[nH]c3ccccc23)c2c(c1)[C@@]13CCCC[C@H]1[C@@H](C2)NCC3. The molecule has 3 atom stereocenters. The zero-order valence-electron chi connectivity index (χ0n) is 15.2. The van der Waals surface area contributed by atoms with Gasteiger partial charge in [0.1, 0.15) is 0 Å². The molecule has 1 aromatic heterocycles. The lowest BCUT2D eigenvalue weighted by molar-refractivity contribution is 0.0799. The number of piperidine rings is 1. The lowest BCUT2D eigenvalue weighted by Gasteiger charge is -2.56. The minimum Gasteiger partial charge on any atom is -0.361 e. The summed E-state index contributed by atoms with van der Waals surface area (Å²) in [6, 6.07) is 16.5. The van der Waals surface area contributed by atoms with Crippen molar-refractivity contribution < 1.29 is 0 Å². The van der Waals surface area contributed by atoms with E-state index in [0.717, 1.165) is 5.92 Å². The summed E-state index contributed by atoms with van der Waals surface area (Å²) in [6.07, 6.45) is 10.3. The van der Waals surface area contributed by atoms with Crippen molar-refractivity contribution in [1.29, 1.82) is 0 Å². The lowest BCUT2D eigenvalue weighted by atomic mass is 9.52. The first-order valence-corrected chi connectivity index (χ1v) is 10.3. The Hall–Kier alpha value is -2.06. The number of nitrogens with one attached hydrogen (secondary N) is 2. The maximum Gasteiger partial charge on any atom is 0.0460 e. The van der Waals surface area contributed by atoms with Gasteiger partial charge in [0.15, 0.2) is 0 Å². The Labute approximate surface area is 155 Å². The van der Waals surface area contributed by atoms with Crippen LogP contribution in [-0.4, -0.2) is 17.6 Å². The van der Waals surface area contributed by atoms with Crippen molar-refractivity contribution in [3.8, 4) is 11.1 Å². The number of hydrogen-bond donors (Lipinski definition) is 2. The standard InChI is InChI=1S/C24H26N2/c1-2-10-22-17(6-1)19(15-26-22)16-7-5-9-20-18(16)14-23-21-8-3-4-11-24(20,21)12-13-25-23/h1-2,5-7,9-10,15,21,23,25-26H,3-4,8,11-14H2/t21-,23+,24-/m0/s1. The average Bonchev–Trinajstić information content (AvgIpc) is 3.11. The van der Waals surface area contributed by atoms with Crippen molar-refractivity contribution in [3.05, 3.63) is 59.8 Å². The zero-order valence-corrected chi connectivity index (χ0v) is 15.2. The quantitative estimate of drug-likeness (QED) is 0.626. The fourth-order valence-electron chi connectivity index (χ4n) is 6.51. The number of para-hydroxylation sites is 1. The molecule has 2 aromatic carbocycles. The third-order valence-electron chi connectivity index (χ3n) is 7.58. The molecular weight excluding hydrogens is 316 g/mol. The van der Waals surface area contributed by atoms with Gasteiger partial charge in [-0.05, 0) is 60.9 Å². The molecule has 1 saturated heterocycles. The van der Waals surface area contributed by atoms with Crippen LogP contribution in [0.25, 0.3) is 22.0 Å². The molecule has 2 N–H and O–H groups in total. The molecule has 3 aliphatic rings. The van der Waals surface area contributed by atoms with E-state index in [2.05, 4.69) is 59.0 Å². The molecule has 2 heteroatoms. The molecular formula is C24H26N2. The van der Waals surface area contributed by atoms with Crippen molar-refractivity contribution in [2.24, 2.45) is 5.92 Å². The fourth-order valence-corrected chi connectivity index (χ4v) is 6.51. The van der Waals surface area contributed by atoms with E-state index in [4.69, 9.17) is 0 Å². The number of hydrogen-bond acceptors (Lipinski definition) is 1. The molecule has 2 aliphatic carbocycles. The smallest absolute Gasteiger partial charge is 0.0460 e. The molecule has 132 valence electrons. The number of benzene rings is 2. The van der Waals surface area contributed by atoms with Crippen LogP contribution in [0.3, 0.4) is 0 Å². The number of H-pyrrole nitrogens is 1. The second-order valence-electron chi connectivity index (χ2n) is 8.60. The second kappa shape index (κ2) is 5.47. The Morgan fingerprint density at radius 2 is 1.88 bits per heavy atom. The maximum absolute atomic E-state index is 3.89. The molecule has 0 amide bonds. The normalized spacial score (nSPS) is 30.0. The molecule has 3 aromatic rings. The van der Waals surface area contributed by atoms with E-state index in [-0.39, 0.29) is 0 Å². The largest absolute Gasteiger partial charge is 0.361 e. The van der Waals surface area contributed by atoms with Gasteiger partial charge < -0.3 is 10.3 Å². The van der Waals surface area contributed by atoms with Gasteiger partial charge >= 0.3 is 0 Å². The van der Waals surface area contributed by atoms with E-state index in [9.17, 15) is 0 Å². The first kappa shape index (κ1) is 15.0. The highest BCUT2D eigenvalue weighted by molar-refractivity contribution is 5.96. The third-order valence-corrected chi connectivity index (χ3v) is 7.58. The van der Waals surface area contributed by atoms with Gasteiger partial charge in [-0.2, -0.15) is 0 Å². The van der Waals surface area contributed by atoms with E-state index in [0.29, 0.717) is 11.5 Å². The van der Waals surface area contributed by atoms with Gasteiger partial charge in [0.2, 0.25) is 0 Å². The van der Waals surface area contributed by atoms with Gasteiger partial charge in [0.05, 0.1) is 0 Å². The fraction of sp³-hybridized carbons (Fsp3) is 0.417. The molecule has 0 spiro atoms. The van der Waals surface area contributed by atoms with Crippen LogP contribution in [0.5, 0.6) is 0 Å². The lowest BCUT2D eigenvalue weighted by Crippen LogP contribution is -2.59. The van der Waals surface area contributed by atoms with Gasteiger partial charge in [0, 0.05) is 34.1 Å². The number of fused-ring (bicyclic) bond motifs is 2. The predicted octanol–water partition coefficient (Wildman–Crippen LogP) is 5.18. The monoisotopic (exact) mass is 342 g/mol. The van der Waals surface area contributed by atoms with Crippen molar-refractivity contribution in [3.63, 3.8) is 0 Å². The Morgan fingerprint density at radius 1 is 0.923 bits per heavy atom. The molecule has 0 radical (unpaired) electrons. The van der Waals surface area contributed by atoms with Crippen LogP contribution >= 0.6 is 0 Å². The Bertz CT molecular complexity index is 981. The summed E-state index contributed by atoms with van der Waals surface area (Å²) in [6.45, 7) is 1.19. The Morgan fingerprint density at radius 3 is 2.88 bits per heavy atom. The zero-order chi connectivity index (χ0) is 17.1. The van der Waals surface area contributed by atoms with Crippen LogP contribution in [0.1, 0.15) is 43.2 Å². The summed E-state index contributed by atoms with van der Waals surface area (Å²) < 4.78 is 0. The molecule has 1 saturated carbocycles. The molecule has 2 heterocycles. The molecule has 2 nitrogen and oxygen atoms in total. The van der Waals surface area contributed by atoms with E-state index < -0.39 is 0 Å². The summed E-state index contributed by atoms with van der Waals surface area (Å²) >= 11 is 0. The molecule has 26 heavy (non-hydrogen) atoms. The number of rotatable bonds is 1. The first-order chi connectivity index (χ1) is 12.9. The topological polar surface area (TPSA) is 27.8 Å². The highest BCUT2D eigenvalue weighted by Crippen LogP contribution is 2.55. The van der Waals surface area contributed by atoms with Crippen molar-refractivity contribution in [2.45, 2.75) is 50.0 Å². The number of aromatic nitrogens is 1. The first-order valence-electron chi connectivity index (χ1n) is 10.3. The minimum absolute atomic E-state index is 0.434. The van der Waals surface area contributed by atoms with Crippen molar-refractivity contribution in [1.82, 2.24) is 10.3 Å². The van der Waals surface area contributed by atoms with Crippen LogP contribution in [-0.2, 0) is 11.8 Å². The van der Waals surface area contributed by atoms with Crippen LogP contribution in [0.4, 0.5) is 0 Å². The Balaban J connectivity index is 1.59. The maximum atomic E-state index is 3.89. The highest BCUT2D eigenvalue weighted by atomic mass is 15.0. The summed E-state index contributed by atoms with van der Waals surface area (Å²) in [5.41, 5.74) is 7.81. The summed E-state index contributed by atoms with van der Waals surface area (Å²) in [7, 11) is 0. The predicted molar refractivity (Wildman–Crippen MR) is 107 cm³/mol. The van der Waals surface area contributed by atoms with E-state index in [1.165, 1.54) is 67.1 Å². The van der Waals surface area contributed by atoms with E-state index in [1.54, 1.807) is 11.1 Å². The summed E-state index contributed by atoms with van der Waals surface area (Å²) in [4.78, 5) is 3.48. The van der Waals surface area contributed by atoms with E-state index >= 15 is 0 Å². The van der Waals surface area contributed by atoms with Gasteiger partial charge in [-0.25, -0.2) is 0 Å².